The lowest BCUT2D eigenvalue weighted by molar-refractivity contribution is -0.117. The van der Waals surface area contributed by atoms with Crippen molar-refractivity contribution in [1.82, 2.24) is 0 Å². The number of thiophene rings is 1. The van der Waals surface area contributed by atoms with Gasteiger partial charge in [0.1, 0.15) is 10.7 Å². The molecule has 0 radical (unpaired) electrons. The molecule has 0 saturated carbocycles. The Morgan fingerprint density at radius 2 is 1.87 bits per heavy atom. The van der Waals surface area contributed by atoms with Crippen molar-refractivity contribution < 1.29 is 23.9 Å². The van der Waals surface area contributed by atoms with Gasteiger partial charge in [0.05, 0.1) is 17.7 Å². The Morgan fingerprint density at radius 3 is 2.57 bits per heavy atom. The summed E-state index contributed by atoms with van der Waals surface area (Å²) in [6.07, 6.45) is 1.20. The first kappa shape index (κ1) is 20.0. The first-order valence-electron chi connectivity index (χ1n) is 9.40. The average Bonchev–Trinajstić information content (AvgIpc) is 3.12. The second-order valence-corrected chi connectivity index (χ2v) is 8.14. The quantitative estimate of drug-likeness (QED) is 0.617. The third kappa shape index (κ3) is 3.64. The average molecular weight is 423 g/mol. The lowest BCUT2D eigenvalue weighted by atomic mass is 9.99. The first-order valence-corrected chi connectivity index (χ1v) is 10.3. The number of fused-ring (bicyclic) bond motifs is 1. The van der Waals surface area contributed by atoms with Gasteiger partial charge in [-0.25, -0.2) is 14.1 Å². The Kier molecular flexibility index (Phi) is 5.22. The number of hydrogen-bond acceptors (Lipinski definition) is 4. The normalized spacial score (nSPS) is 13.5. The molecule has 0 aliphatic carbocycles. The SMILES string of the molecule is Cc1cccc(CCc2ccc(F)c(N3C(=O)Cc4csc(C(=O)O)c4C3=O)c2)c1. The van der Waals surface area contributed by atoms with E-state index in [9.17, 15) is 23.9 Å². The van der Waals surface area contributed by atoms with E-state index in [4.69, 9.17) is 0 Å². The van der Waals surface area contributed by atoms with Gasteiger partial charge >= 0.3 is 5.97 Å². The zero-order valence-electron chi connectivity index (χ0n) is 16.1. The summed E-state index contributed by atoms with van der Waals surface area (Å²) in [5, 5.41) is 10.8. The number of halogens is 1. The van der Waals surface area contributed by atoms with Gasteiger partial charge in [0.2, 0.25) is 5.91 Å². The summed E-state index contributed by atoms with van der Waals surface area (Å²) in [6, 6.07) is 12.4. The van der Waals surface area contributed by atoms with Gasteiger partial charge in [-0.05, 0) is 54.0 Å². The fourth-order valence-electron chi connectivity index (χ4n) is 3.67. The van der Waals surface area contributed by atoms with Crippen LogP contribution in [-0.2, 0) is 24.1 Å². The summed E-state index contributed by atoms with van der Waals surface area (Å²) in [4.78, 5) is 37.7. The number of amides is 2. The number of anilines is 1. The van der Waals surface area contributed by atoms with E-state index in [1.54, 1.807) is 6.07 Å². The molecule has 2 amide bonds. The molecule has 1 N–H and O–H groups in total. The van der Waals surface area contributed by atoms with Crippen molar-refractivity contribution in [2.45, 2.75) is 26.2 Å². The van der Waals surface area contributed by atoms with E-state index >= 15 is 0 Å². The van der Waals surface area contributed by atoms with Crippen LogP contribution < -0.4 is 4.90 Å². The number of carbonyl (C=O) groups excluding carboxylic acids is 2. The molecule has 1 aromatic heterocycles. The topological polar surface area (TPSA) is 74.7 Å². The van der Waals surface area contributed by atoms with E-state index in [2.05, 4.69) is 6.07 Å². The van der Waals surface area contributed by atoms with Crippen molar-refractivity contribution in [3.8, 4) is 0 Å². The molecule has 0 saturated heterocycles. The maximum absolute atomic E-state index is 14.6. The van der Waals surface area contributed by atoms with E-state index in [0.29, 0.717) is 12.0 Å². The molecule has 0 fully saturated rings. The Bertz CT molecular complexity index is 1180. The Morgan fingerprint density at radius 1 is 1.13 bits per heavy atom. The van der Waals surface area contributed by atoms with Crippen LogP contribution in [0.4, 0.5) is 10.1 Å². The zero-order chi connectivity index (χ0) is 21.4. The van der Waals surface area contributed by atoms with E-state index in [1.807, 2.05) is 25.1 Å². The number of imide groups is 1. The van der Waals surface area contributed by atoms with Crippen LogP contribution in [0.25, 0.3) is 0 Å². The fraction of sp³-hybridized carbons (Fsp3) is 0.174. The van der Waals surface area contributed by atoms with Crippen molar-refractivity contribution in [3.63, 3.8) is 0 Å². The summed E-state index contributed by atoms with van der Waals surface area (Å²) in [7, 11) is 0. The van der Waals surface area contributed by atoms with Crippen molar-refractivity contribution in [1.29, 1.82) is 0 Å². The third-order valence-electron chi connectivity index (χ3n) is 5.11. The van der Waals surface area contributed by atoms with E-state index in [0.717, 1.165) is 39.3 Å². The molecule has 152 valence electrons. The summed E-state index contributed by atoms with van der Waals surface area (Å²) >= 11 is 0.898. The lowest BCUT2D eigenvalue weighted by Gasteiger charge is -2.26. The summed E-state index contributed by atoms with van der Waals surface area (Å²) in [6.45, 7) is 2.01. The molecule has 0 spiro atoms. The number of carboxylic acid groups (broad SMARTS) is 1. The third-order valence-corrected chi connectivity index (χ3v) is 6.12. The van der Waals surface area contributed by atoms with Gasteiger partial charge in [-0.3, -0.25) is 9.59 Å². The number of hydrogen-bond donors (Lipinski definition) is 1. The molecule has 7 heteroatoms. The maximum Gasteiger partial charge on any atom is 0.346 e. The van der Waals surface area contributed by atoms with Crippen LogP contribution >= 0.6 is 11.3 Å². The van der Waals surface area contributed by atoms with Crippen LogP contribution in [0.5, 0.6) is 0 Å². The number of carbonyl (C=O) groups is 3. The summed E-state index contributed by atoms with van der Waals surface area (Å²) in [5.41, 5.74) is 3.27. The second kappa shape index (κ2) is 7.84. The van der Waals surface area contributed by atoms with E-state index in [-0.39, 0.29) is 22.5 Å². The van der Waals surface area contributed by atoms with Crippen molar-refractivity contribution in [2.75, 3.05) is 4.90 Å². The molecular formula is C23H18FNO4S. The number of rotatable bonds is 5. The molecule has 3 aromatic rings. The number of benzene rings is 2. The summed E-state index contributed by atoms with van der Waals surface area (Å²) < 4.78 is 14.6. The second-order valence-electron chi connectivity index (χ2n) is 7.26. The van der Waals surface area contributed by atoms with Gasteiger partial charge < -0.3 is 5.11 Å². The number of nitrogens with zero attached hydrogens (tertiary/aromatic N) is 1. The predicted molar refractivity (Wildman–Crippen MR) is 112 cm³/mol. The van der Waals surface area contributed by atoms with E-state index in [1.165, 1.54) is 17.5 Å². The van der Waals surface area contributed by atoms with Crippen LogP contribution in [0, 0.1) is 12.7 Å². The Balaban J connectivity index is 1.65. The molecule has 0 bridgehead atoms. The van der Waals surface area contributed by atoms with Gasteiger partial charge in [0, 0.05) is 0 Å². The van der Waals surface area contributed by atoms with Crippen LogP contribution in [-0.4, -0.2) is 22.9 Å². The Hall–Kier alpha value is -3.32. The number of aromatic carboxylic acids is 1. The molecule has 5 nitrogen and oxygen atoms in total. The fourth-order valence-corrected chi connectivity index (χ4v) is 4.57. The minimum absolute atomic E-state index is 0.0309. The van der Waals surface area contributed by atoms with Crippen LogP contribution in [0.1, 0.15) is 42.3 Å². The maximum atomic E-state index is 14.6. The Labute approximate surface area is 176 Å². The smallest absolute Gasteiger partial charge is 0.346 e. The molecule has 2 aromatic carbocycles. The molecule has 0 atom stereocenters. The van der Waals surface area contributed by atoms with Gasteiger partial charge in [-0.1, -0.05) is 35.9 Å². The van der Waals surface area contributed by atoms with Crippen LogP contribution in [0.3, 0.4) is 0 Å². The van der Waals surface area contributed by atoms with Gasteiger partial charge in [0.25, 0.3) is 5.91 Å². The lowest BCUT2D eigenvalue weighted by Crippen LogP contribution is -2.43. The minimum atomic E-state index is -1.24. The van der Waals surface area contributed by atoms with Gasteiger partial charge in [-0.2, -0.15) is 0 Å². The van der Waals surface area contributed by atoms with Crippen LogP contribution in [0.2, 0.25) is 0 Å². The highest BCUT2D eigenvalue weighted by molar-refractivity contribution is 7.12. The minimum Gasteiger partial charge on any atom is -0.477 e. The molecule has 1 aliphatic rings. The number of aryl methyl sites for hydroxylation is 3. The van der Waals surface area contributed by atoms with Crippen molar-refractivity contribution in [2.24, 2.45) is 0 Å². The highest BCUT2D eigenvalue weighted by Crippen LogP contribution is 2.33. The highest BCUT2D eigenvalue weighted by Gasteiger charge is 2.37. The molecule has 2 heterocycles. The van der Waals surface area contributed by atoms with Gasteiger partial charge in [-0.15, -0.1) is 11.3 Å². The van der Waals surface area contributed by atoms with Crippen molar-refractivity contribution in [3.05, 3.63) is 86.4 Å². The van der Waals surface area contributed by atoms with Crippen molar-refractivity contribution >= 4 is 34.8 Å². The molecule has 4 rings (SSSR count). The van der Waals surface area contributed by atoms with Gasteiger partial charge in [0.15, 0.2) is 0 Å². The first-order chi connectivity index (χ1) is 14.3. The monoisotopic (exact) mass is 423 g/mol. The molecule has 30 heavy (non-hydrogen) atoms. The highest BCUT2D eigenvalue weighted by atomic mass is 32.1. The molecule has 1 aliphatic heterocycles. The van der Waals surface area contributed by atoms with Crippen LogP contribution in [0.15, 0.2) is 47.8 Å². The van der Waals surface area contributed by atoms with E-state index < -0.39 is 23.6 Å². The zero-order valence-corrected chi connectivity index (χ0v) is 17.0. The number of carboxylic acids is 1. The molecule has 0 unspecified atom stereocenters. The summed E-state index contributed by atoms with van der Waals surface area (Å²) in [5.74, 6) is -3.31. The molecular weight excluding hydrogens is 405 g/mol. The largest absolute Gasteiger partial charge is 0.477 e. The standard InChI is InChI=1S/C23H18FNO4S/c1-13-3-2-4-14(9-13)5-6-15-7-8-17(24)18(10-15)25-19(26)11-16-12-30-21(23(28)29)20(16)22(25)27/h2-4,7-10,12H,5-6,11H2,1H3,(H,28,29). The predicted octanol–water partition coefficient (Wildman–Crippen LogP) is 4.41.